The Balaban J connectivity index is 1.78. The van der Waals surface area contributed by atoms with Crippen molar-refractivity contribution in [2.45, 2.75) is 58.1 Å². The number of ether oxygens (including phenoxy) is 1. The van der Waals surface area contributed by atoms with Gasteiger partial charge in [0.25, 0.3) is 0 Å². The number of carbonyl (C=O) groups is 1. The van der Waals surface area contributed by atoms with Gasteiger partial charge in [0.15, 0.2) is 0 Å². The van der Waals surface area contributed by atoms with E-state index in [0.29, 0.717) is 6.61 Å². The molecular weight excluding hydrogens is 274 g/mol. The second-order valence-electron chi connectivity index (χ2n) is 5.87. The van der Waals surface area contributed by atoms with Crippen molar-refractivity contribution in [2.24, 2.45) is 0 Å². The smallest absolute Gasteiger partial charge is 0.410 e. The Morgan fingerprint density at radius 3 is 2.91 bits per heavy atom. The molecule has 3 nitrogen and oxygen atoms in total. The van der Waals surface area contributed by atoms with Crippen LogP contribution in [0.15, 0.2) is 42.5 Å². The van der Waals surface area contributed by atoms with Crippen molar-refractivity contribution < 1.29 is 9.53 Å². The minimum absolute atomic E-state index is 0.190. The lowest BCUT2D eigenvalue weighted by Crippen LogP contribution is -2.34. The van der Waals surface area contributed by atoms with Crippen molar-refractivity contribution in [3.63, 3.8) is 0 Å². The van der Waals surface area contributed by atoms with Crippen molar-refractivity contribution in [1.82, 2.24) is 4.90 Å². The van der Waals surface area contributed by atoms with Crippen LogP contribution >= 0.6 is 0 Å². The third-order valence-corrected chi connectivity index (χ3v) is 4.07. The van der Waals surface area contributed by atoms with E-state index in [1.807, 2.05) is 35.2 Å². The van der Waals surface area contributed by atoms with Crippen molar-refractivity contribution in [3.8, 4) is 0 Å². The molecule has 1 fully saturated rings. The van der Waals surface area contributed by atoms with Crippen LogP contribution in [0.4, 0.5) is 4.79 Å². The van der Waals surface area contributed by atoms with E-state index in [1.54, 1.807) is 0 Å². The van der Waals surface area contributed by atoms with E-state index in [-0.39, 0.29) is 12.1 Å². The SMILES string of the molecule is CCCCC/C=C/C1CCCN1C(=O)OCc1ccccc1. The lowest BCUT2D eigenvalue weighted by molar-refractivity contribution is 0.0974. The van der Waals surface area contributed by atoms with Crippen molar-refractivity contribution in [1.29, 1.82) is 0 Å². The average molecular weight is 301 g/mol. The largest absolute Gasteiger partial charge is 0.445 e. The molecule has 1 aromatic carbocycles. The highest BCUT2D eigenvalue weighted by Crippen LogP contribution is 2.20. The van der Waals surface area contributed by atoms with Gasteiger partial charge in [-0.1, -0.05) is 62.2 Å². The molecule has 1 aliphatic heterocycles. The maximum atomic E-state index is 12.2. The quantitative estimate of drug-likeness (QED) is 0.528. The molecule has 0 spiro atoms. The number of carbonyl (C=O) groups excluding carboxylic acids is 1. The summed E-state index contributed by atoms with van der Waals surface area (Å²) in [7, 11) is 0. The van der Waals surface area contributed by atoms with E-state index < -0.39 is 0 Å². The summed E-state index contributed by atoms with van der Waals surface area (Å²) >= 11 is 0. The Morgan fingerprint density at radius 1 is 1.32 bits per heavy atom. The monoisotopic (exact) mass is 301 g/mol. The molecule has 0 bridgehead atoms. The highest BCUT2D eigenvalue weighted by molar-refractivity contribution is 5.68. The summed E-state index contributed by atoms with van der Waals surface area (Å²) in [5.74, 6) is 0. The first-order valence-electron chi connectivity index (χ1n) is 8.45. The van der Waals surface area contributed by atoms with Gasteiger partial charge in [-0.3, -0.25) is 0 Å². The summed E-state index contributed by atoms with van der Waals surface area (Å²) in [6, 6.07) is 10.0. The maximum absolute atomic E-state index is 12.2. The number of unbranched alkanes of at least 4 members (excludes halogenated alkanes) is 3. The van der Waals surface area contributed by atoms with Crippen LogP contribution in [0.5, 0.6) is 0 Å². The Morgan fingerprint density at radius 2 is 2.14 bits per heavy atom. The zero-order valence-corrected chi connectivity index (χ0v) is 13.5. The van der Waals surface area contributed by atoms with Crippen molar-refractivity contribution in [2.75, 3.05) is 6.54 Å². The number of hydrogen-bond donors (Lipinski definition) is 0. The third kappa shape index (κ3) is 5.21. The molecule has 0 aliphatic carbocycles. The van der Waals surface area contributed by atoms with Crippen LogP contribution in [-0.4, -0.2) is 23.6 Å². The highest BCUT2D eigenvalue weighted by atomic mass is 16.6. The standard InChI is InChI=1S/C19H27NO2/c1-2-3-4-5-9-13-18-14-10-15-20(18)19(21)22-16-17-11-7-6-8-12-17/h6-9,11-13,18H,2-5,10,14-16H2,1H3/b13-9+. The zero-order valence-electron chi connectivity index (χ0n) is 13.5. The molecule has 0 radical (unpaired) electrons. The van der Waals surface area contributed by atoms with E-state index >= 15 is 0 Å². The van der Waals surface area contributed by atoms with E-state index in [9.17, 15) is 4.79 Å². The van der Waals surface area contributed by atoms with Gasteiger partial charge in [0.05, 0.1) is 6.04 Å². The summed E-state index contributed by atoms with van der Waals surface area (Å²) in [4.78, 5) is 14.1. The lowest BCUT2D eigenvalue weighted by atomic mass is 10.1. The molecule has 1 unspecified atom stereocenters. The van der Waals surface area contributed by atoms with Crippen LogP contribution in [0.3, 0.4) is 0 Å². The molecule has 1 saturated heterocycles. The number of amides is 1. The van der Waals surface area contributed by atoms with E-state index in [2.05, 4.69) is 19.1 Å². The molecular formula is C19H27NO2. The molecule has 3 heteroatoms. The first-order chi connectivity index (χ1) is 10.8. The van der Waals surface area contributed by atoms with Gasteiger partial charge in [-0.05, 0) is 31.2 Å². The topological polar surface area (TPSA) is 29.5 Å². The molecule has 120 valence electrons. The fourth-order valence-electron chi connectivity index (χ4n) is 2.79. The highest BCUT2D eigenvalue weighted by Gasteiger charge is 2.27. The predicted octanol–water partition coefficient (Wildman–Crippen LogP) is 4.92. The van der Waals surface area contributed by atoms with Crippen LogP contribution in [0.25, 0.3) is 0 Å². The van der Waals surface area contributed by atoms with Crippen LogP contribution in [0.2, 0.25) is 0 Å². The molecule has 1 aromatic rings. The molecule has 1 heterocycles. The number of allylic oxidation sites excluding steroid dienone is 1. The predicted molar refractivity (Wildman–Crippen MR) is 89.6 cm³/mol. The van der Waals surface area contributed by atoms with Crippen LogP contribution in [-0.2, 0) is 11.3 Å². The Bertz CT molecular complexity index is 470. The second-order valence-corrected chi connectivity index (χ2v) is 5.87. The van der Waals surface area contributed by atoms with Gasteiger partial charge in [0.2, 0.25) is 0 Å². The number of rotatable bonds is 7. The first kappa shape index (κ1) is 16.6. The Labute approximate surface area is 134 Å². The molecule has 0 saturated carbocycles. The van der Waals surface area contributed by atoms with Gasteiger partial charge < -0.3 is 9.64 Å². The number of nitrogens with zero attached hydrogens (tertiary/aromatic N) is 1. The summed E-state index contributed by atoms with van der Waals surface area (Å²) in [5, 5.41) is 0. The fourth-order valence-corrected chi connectivity index (χ4v) is 2.79. The van der Waals surface area contributed by atoms with Crippen LogP contribution in [0.1, 0.15) is 51.0 Å². The second kappa shape index (κ2) is 9.29. The summed E-state index contributed by atoms with van der Waals surface area (Å²) in [6.07, 6.45) is 11.2. The van der Waals surface area contributed by atoms with Crippen LogP contribution < -0.4 is 0 Å². The number of hydrogen-bond acceptors (Lipinski definition) is 2. The Kier molecular flexibility index (Phi) is 7.01. The van der Waals surface area contributed by atoms with Crippen LogP contribution in [0, 0.1) is 0 Å². The van der Waals surface area contributed by atoms with Gasteiger partial charge >= 0.3 is 6.09 Å². The van der Waals surface area contributed by atoms with Gasteiger partial charge in [0, 0.05) is 6.54 Å². The summed E-state index contributed by atoms with van der Waals surface area (Å²) in [5.41, 5.74) is 1.03. The molecule has 0 aromatic heterocycles. The first-order valence-corrected chi connectivity index (χ1v) is 8.45. The zero-order chi connectivity index (χ0) is 15.6. The van der Waals surface area contributed by atoms with Crippen molar-refractivity contribution >= 4 is 6.09 Å². The molecule has 1 aliphatic rings. The molecule has 1 atom stereocenters. The minimum atomic E-state index is -0.190. The maximum Gasteiger partial charge on any atom is 0.410 e. The molecule has 22 heavy (non-hydrogen) atoms. The average Bonchev–Trinajstić information content (AvgIpc) is 3.02. The van der Waals surface area contributed by atoms with E-state index in [0.717, 1.165) is 31.4 Å². The number of likely N-dealkylation sites (tertiary alicyclic amines) is 1. The Hall–Kier alpha value is -1.77. The molecule has 0 N–H and O–H groups in total. The van der Waals surface area contributed by atoms with E-state index in [1.165, 1.54) is 19.3 Å². The minimum Gasteiger partial charge on any atom is -0.445 e. The van der Waals surface area contributed by atoms with Gasteiger partial charge in [-0.2, -0.15) is 0 Å². The van der Waals surface area contributed by atoms with E-state index in [4.69, 9.17) is 4.74 Å². The fraction of sp³-hybridized carbons (Fsp3) is 0.526. The molecule has 2 rings (SSSR count). The van der Waals surface area contributed by atoms with Gasteiger partial charge in [0.1, 0.15) is 6.61 Å². The van der Waals surface area contributed by atoms with Gasteiger partial charge in [-0.15, -0.1) is 0 Å². The third-order valence-electron chi connectivity index (χ3n) is 4.07. The summed E-state index contributed by atoms with van der Waals surface area (Å²) in [6.45, 7) is 3.37. The lowest BCUT2D eigenvalue weighted by Gasteiger charge is -2.21. The van der Waals surface area contributed by atoms with Gasteiger partial charge in [-0.25, -0.2) is 4.79 Å². The number of benzene rings is 1. The summed E-state index contributed by atoms with van der Waals surface area (Å²) < 4.78 is 5.44. The normalized spacial score (nSPS) is 18.0. The molecule has 1 amide bonds. The van der Waals surface area contributed by atoms with Crippen molar-refractivity contribution in [3.05, 3.63) is 48.0 Å².